The molecular weight excluding hydrogens is 240 g/mol. The van der Waals surface area contributed by atoms with E-state index < -0.39 is 0 Å². The van der Waals surface area contributed by atoms with Crippen LogP contribution in [0.1, 0.15) is 25.3 Å². The van der Waals surface area contributed by atoms with Gasteiger partial charge in [-0.2, -0.15) is 0 Å². The van der Waals surface area contributed by atoms with E-state index in [1.807, 2.05) is 11.8 Å². The summed E-state index contributed by atoms with van der Waals surface area (Å²) in [4.78, 5) is 20.9. The second-order valence-electron chi connectivity index (χ2n) is 3.89. The fourth-order valence-electron chi connectivity index (χ4n) is 1.53. The van der Waals surface area contributed by atoms with Crippen LogP contribution >= 0.6 is 11.6 Å². The number of carbonyl (C=O) groups is 1. The van der Waals surface area contributed by atoms with Crippen molar-refractivity contribution in [3.63, 3.8) is 0 Å². The van der Waals surface area contributed by atoms with E-state index in [1.54, 1.807) is 6.20 Å². The number of aryl methyl sites for hydroxylation is 1. The van der Waals surface area contributed by atoms with Gasteiger partial charge in [0.1, 0.15) is 5.82 Å². The predicted molar refractivity (Wildman–Crippen MR) is 68.1 cm³/mol. The predicted octanol–water partition coefficient (Wildman–Crippen LogP) is 1.53. The van der Waals surface area contributed by atoms with Crippen molar-refractivity contribution in [2.45, 2.75) is 26.7 Å². The van der Waals surface area contributed by atoms with Crippen molar-refractivity contribution in [1.82, 2.24) is 9.97 Å². The van der Waals surface area contributed by atoms with Crippen LogP contribution in [0.2, 0.25) is 5.28 Å². The number of aromatic nitrogens is 2. The molecule has 0 spiro atoms. The van der Waals surface area contributed by atoms with Gasteiger partial charge in [-0.1, -0.05) is 13.3 Å². The zero-order valence-electron chi connectivity index (χ0n) is 10.1. The van der Waals surface area contributed by atoms with Crippen LogP contribution in [0.4, 0.5) is 5.82 Å². The lowest BCUT2D eigenvalue weighted by molar-refractivity contribution is -0.116. The maximum absolute atomic E-state index is 11.0. The molecule has 17 heavy (non-hydrogen) atoms. The molecule has 94 valence electrons. The Morgan fingerprint density at radius 2 is 2.29 bits per heavy atom. The van der Waals surface area contributed by atoms with E-state index in [1.165, 1.54) is 0 Å². The molecule has 1 aromatic rings. The van der Waals surface area contributed by atoms with E-state index in [2.05, 4.69) is 16.9 Å². The summed E-state index contributed by atoms with van der Waals surface area (Å²) in [5.41, 5.74) is 6.11. The van der Waals surface area contributed by atoms with E-state index in [-0.39, 0.29) is 17.7 Å². The van der Waals surface area contributed by atoms with Gasteiger partial charge in [-0.25, -0.2) is 9.97 Å². The average molecular weight is 257 g/mol. The molecule has 1 aromatic heterocycles. The SMILES string of the molecule is CCCCN(CC(N)=O)c1nc(Cl)ncc1C. The first-order valence-electron chi connectivity index (χ1n) is 5.57. The highest BCUT2D eigenvalue weighted by atomic mass is 35.5. The third kappa shape index (κ3) is 4.19. The molecule has 0 aromatic carbocycles. The molecule has 0 aliphatic heterocycles. The van der Waals surface area contributed by atoms with Crippen LogP contribution in [0.25, 0.3) is 0 Å². The molecular formula is C11H17ClN4O. The Labute approximate surface area is 106 Å². The lowest BCUT2D eigenvalue weighted by Gasteiger charge is -2.23. The average Bonchev–Trinajstić information content (AvgIpc) is 2.27. The Kier molecular flexibility index (Phi) is 5.15. The van der Waals surface area contributed by atoms with Gasteiger partial charge in [0.2, 0.25) is 11.2 Å². The molecule has 0 saturated carbocycles. The van der Waals surface area contributed by atoms with Crippen molar-refractivity contribution in [2.75, 3.05) is 18.0 Å². The fourth-order valence-corrected chi connectivity index (χ4v) is 1.66. The number of rotatable bonds is 6. The van der Waals surface area contributed by atoms with E-state index in [0.29, 0.717) is 5.82 Å². The molecule has 1 heterocycles. The van der Waals surface area contributed by atoms with E-state index in [0.717, 1.165) is 24.9 Å². The molecule has 6 heteroatoms. The van der Waals surface area contributed by atoms with Gasteiger partial charge in [0, 0.05) is 18.3 Å². The Morgan fingerprint density at radius 3 is 2.88 bits per heavy atom. The first-order chi connectivity index (χ1) is 8.04. The number of unbranched alkanes of at least 4 members (excludes halogenated alkanes) is 1. The number of carbonyl (C=O) groups excluding carboxylic acids is 1. The molecule has 1 rings (SSSR count). The summed E-state index contributed by atoms with van der Waals surface area (Å²) in [5.74, 6) is 0.299. The van der Waals surface area contributed by atoms with Crippen LogP contribution in [-0.2, 0) is 4.79 Å². The van der Waals surface area contributed by atoms with E-state index >= 15 is 0 Å². The second kappa shape index (κ2) is 6.39. The van der Waals surface area contributed by atoms with Gasteiger partial charge in [-0.3, -0.25) is 4.79 Å². The zero-order valence-corrected chi connectivity index (χ0v) is 10.9. The molecule has 0 radical (unpaired) electrons. The maximum atomic E-state index is 11.0. The van der Waals surface area contributed by atoms with Crippen LogP contribution < -0.4 is 10.6 Å². The largest absolute Gasteiger partial charge is 0.368 e. The van der Waals surface area contributed by atoms with Crippen molar-refractivity contribution < 1.29 is 4.79 Å². The zero-order chi connectivity index (χ0) is 12.8. The summed E-state index contributed by atoms with van der Waals surface area (Å²) in [7, 11) is 0. The smallest absolute Gasteiger partial charge is 0.236 e. The summed E-state index contributed by atoms with van der Waals surface area (Å²) >= 11 is 5.77. The lowest BCUT2D eigenvalue weighted by atomic mass is 10.2. The van der Waals surface area contributed by atoms with Crippen molar-refractivity contribution >= 4 is 23.3 Å². The monoisotopic (exact) mass is 256 g/mol. The van der Waals surface area contributed by atoms with Crippen LogP contribution in [0.5, 0.6) is 0 Å². The summed E-state index contributed by atoms with van der Waals surface area (Å²) in [6.07, 6.45) is 3.64. The van der Waals surface area contributed by atoms with Gasteiger partial charge in [0.25, 0.3) is 0 Å². The van der Waals surface area contributed by atoms with Crippen LogP contribution in [0.15, 0.2) is 6.20 Å². The second-order valence-corrected chi connectivity index (χ2v) is 4.23. The Bertz CT molecular complexity index is 397. The number of hydrogen-bond donors (Lipinski definition) is 1. The molecule has 0 saturated heterocycles. The molecule has 0 aliphatic rings. The van der Waals surface area contributed by atoms with Crippen molar-refractivity contribution in [3.05, 3.63) is 17.0 Å². The van der Waals surface area contributed by atoms with Gasteiger partial charge in [0.05, 0.1) is 6.54 Å². The molecule has 1 amide bonds. The molecule has 0 fully saturated rings. The van der Waals surface area contributed by atoms with Gasteiger partial charge in [-0.05, 0) is 24.9 Å². The van der Waals surface area contributed by atoms with Crippen LogP contribution in [0, 0.1) is 6.92 Å². The van der Waals surface area contributed by atoms with Gasteiger partial charge in [-0.15, -0.1) is 0 Å². The summed E-state index contributed by atoms with van der Waals surface area (Å²) in [6, 6.07) is 0. The normalized spacial score (nSPS) is 10.3. The standard InChI is InChI=1S/C11H17ClN4O/c1-3-4-5-16(7-9(13)17)10-8(2)6-14-11(12)15-10/h6H,3-5,7H2,1-2H3,(H2,13,17). The first kappa shape index (κ1) is 13.7. The molecule has 0 aliphatic carbocycles. The molecule has 0 bridgehead atoms. The van der Waals surface area contributed by atoms with Gasteiger partial charge in [0.15, 0.2) is 0 Å². The van der Waals surface area contributed by atoms with E-state index in [4.69, 9.17) is 17.3 Å². The van der Waals surface area contributed by atoms with Crippen molar-refractivity contribution in [1.29, 1.82) is 0 Å². The fraction of sp³-hybridized carbons (Fsp3) is 0.545. The number of halogens is 1. The highest BCUT2D eigenvalue weighted by Crippen LogP contribution is 2.18. The van der Waals surface area contributed by atoms with Crippen LogP contribution in [-0.4, -0.2) is 29.0 Å². The Balaban J connectivity index is 2.93. The number of anilines is 1. The number of primary amides is 1. The van der Waals surface area contributed by atoms with Gasteiger partial charge < -0.3 is 10.6 Å². The van der Waals surface area contributed by atoms with Crippen molar-refractivity contribution in [3.8, 4) is 0 Å². The number of hydrogen-bond acceptors (Lipinski definition) is 4. The number of nitrogens with two attached hydrogens (primary N) is 1. The third-order valence-corrected chi connectivity index (χ3v) is 2.53. The maximum Gasteiger partial charge on any atom is 0.236 e. The number of amides is 1. The van der Waals surface area contributed by atoms with Crippen molar-refractivity contribution in [2.24, 2.45) is 5.73 Å². The minimum absolute atomic E-state index is 0.147. The minimum atomic E-state index is -0.379. The first-order valence-corrected chi connectivity index (χ1v) is 5.94. The number of nitrogens with zero attached hydrogens (tertiary/aromatic N) is 3. The quantitative estimate of drug-likeness (QED) is 0.784. The summed E-state index contributed by atoms with van der Waals surface area (Å²) in [5, 5.41) is 0.177. The topological polar surface area (TPSA) is 72.1 Å². The van der Waals surface area contributed by atoms with Gasteiger partial charge >= 0.3 is 0 Å². The Hall–Kier alpha value is -1.36. The summed E-state index contributed by atoms with van der Waals surface area (Å²) in [6.45, 7) is 4.84. The summed E-state index contributed by atoms with van der Waals surface area (Å²) < 4.78 is 0. The Morgan fingerprint density at radius 1 is 1.59 bits per heavy atom. The minimum Gasteiger partial charge on any atom is -0.368 e. The lowest BCUT2D eigenvalue weighted by Crippen LogP contribution is -2.35. The van der Waals surface area contributed by atoms with E-state index in [9.17, 15) is 4.79 Å². The molecule has 5 nitrogen and oxygen atoms in total. The highest BCUT2D eigenvalue weighted by molar-refractivity contribution is 6.28. The third-order valence-electron chi connectivity index (χ3n) is 2.34. The molecule has 0 atom stereocenters. The molecule has 2 N–H and O–H groups in total. The highest BCUT2D eigenvalue weighted by Gasteiger charge is 2.13. The van der Waals surface area contributed by atoms with Crippen LogP contribution in [0.3, 0.4) is 0 Å². The molecule has 0 unspecified atom stereocenters.